The summed E-state index contributed by atoms with van der Waals surface area (Å²) >= 11 is 4.79. The molecule has 2 saturated carbocycles. The van der Waals surface area contributed by atoms with Crippen molar-refractivity contribution in [2.24, 2.45) is 5.92 Å². The van der Waals surface area contributed by atoms with Crippen LogP contribution in [0, 0.1) is 17.2 Å². The molecule has 12 heteroatoms. The van der Waals surface area contributed by atoms with Crippen LogP contribution in [0.3, 0.4) is 0 Å². The lowest BCUT2D eigenvalue weighted by Gasteiger charge is -2.15. The Balaban J connectivity index is 1.52. The summed E-state index contributed by atoms with van der Waals surface area (Å²) in [6, 6.07) is 3.87. The van der Waals surface area contributed by atoms with E-state index >= 15 is 0 Å². The molecule has 2 aliphatic carbocycles. The highest BCUT2D eigenvalue weighted by atomic mass is 79.9. The molecule has 31 heavy (non-hydrogen) atoms. The fraction of sp³-hybridized carbons (Fsp3) is 0.474. The second-order valence-corrected chi connectivity index (χ2v) is 11.9. The molecule has 2 atom stereocenters. The molecule has 0 amide bonds. The largest absolute Gasteiger partial charge is 0.384 e. The number of ether oxygens (including phenoxy) is 1. The van der Waals surface area contributed by atoms with Gasteiger partial charge in [0.25, 0.3) is 0 Å². The molecular formula is C19H19BrN6O3S2. The number of aromatic nitrogens is 4. The van der Waals surface area contributed by atoms with Crippen molar-refractivity contribution < 1.29 is 13.2 Å². The first-order valence-corrected chi connectivity index (χ1v) is 12.8. The van der Waals surface area contributed by atoms with Gasteiger partial charge in [-0.2, -0.15) is 5.26 Å². The molecule has 3 heterocycles. The minimum absolute atomic E-state index is 0.121. The van der Waals surface area contributed by atoms with E-state index in [9.17, 15) is 13.7 Å². The quantitative estimate of drug-likeness (QED) is 0.505. The molecule has 0 unspecified atom stereocenters. The first-order chi connectivity index (χ1) is 14.7. The molecule has 2 fully saturated rings. The number of methoxy groups -OCH3 is 1. The molecule has 0 spiro atoms. The minimum atomic E-state index is -3.77. The van der Waals surface area contributed by atoms with Crippen molar-refractivity contribution >= 4 is 42.9 Å². The van der Waals surface area contributed by atoms with Crippen molar-refractivity contribution in [1.29, 1.82) is 5.26 Å². The topological polar surface area (TPSA) is 122 Å². The van der Waals surface area contributed by atoms with Crippen molar-refractivity contribution in [1.82, 2.24) is 24.3 Å². The SMILES string of the molecule is COC[C@@H]1C[C@]1(C)NS(=O)(=O)c1cc(Br)c2ncc(-c3nnc(C4(C#N)CC4)s3)n2c1. The molecule has 0 bridgehead atoms. The molecule has 162 valence electrons. The van der Waals surface area contributed by atoms with Crippen LogP contribution in [0.1, 0.15) is 31.2 Å². The minimum Gasteiger partial charge on any atom is -0.384 e. The zero-order valence-electron chi connectivity index (χ0n) is 16.8. The normalized spacial score (nSPS) is 24.3. The Hall–Kier alpha value is -1.91. The number of hydrogen-bond donors (Lipinski definition) is 1. The summed E-state index contributed by atoms with van der Waals surface area (Å²) in [6.07, 6.45) is 5.48. The van der Waals surface area contributed by atoms with Crippen LogP contribution >= 0.6 is 27.3 Å². The molecule has 9 nitrogen and oxygen atoms in total. The summed E-state index contributed by atoms with van der Waals surface area (Å²) in [6.45, 7) is 2.40. The van der Waals surface area contributed by atoms with Crippen LogP contribution in [0.5, 0.6) is 0 Å². The maximum absolute atomic E-state index is 13.1. The van der Waals surface area contributed by atoms with Crippen LogP contribution in [0.15, 0.2) is 27.8 Å². The smallest absolute Gasteiger partial charge is 0.242 e. The van der Waals surface area contributed by atoms with Crippen molar-refractivity contribution in [2.45, 2.75) is 42.0 Å². The molecule has 0 aliphatic heterocycles. The van der Waals surface area contributed by atoms with Gasteiger partial charge in [0.05, 0.1) is 28.2 Å². The summed E-state index contributed by atoms with van der Waals surface area (Å²) < 4.78 is 36.5. The molecule has 0 saturated heterocycles. The molecule has 1 N–H and O–H groups in total. The van der Waals surface area contributed by atoms with Gasteiger partial charge in [0, 0.05) is 24.8 Å². The van der Waals surface area contributed by atoms with Crippen LogP contribution in [0.2, 0.25) is 0 Å². The highest BCUT2D eigenvalue weighted by Gasteiger charge is 2.52. The van der Waals surface area contributed by atoms with E-state index in [0.29, 0.717) is 32.4 Å². The van der Waals surface area contributed by atoms with E-state index in [0.717, 1.165) is 19.3 Å². The summed E-state index contributed by atoms with van der Waals surface area (Å²) in [5.41, 5.74) is 0.161. The highest BCUT2D eigenvalue weighted by Crippen LogP contribution is 2.49. The number of nitriles is 1. The average Bonchev–Trinajstić information content (AvgIpc) is 3.47. The van der Waals surface area contributed by atoms with E-state index in [1.54, 1.807) is 30.0 Å². The summed E-state index contributed by atoms with van der Waals surface area (Å²) in [5, 5.41) is 19.2. The van der Waals surface area contributed by atoms with Gasteiger partial charge in [-0.3, -0.25) is 4.40 Å². The van der Waals surface area contributed by atoms with Crippen molar-refractivity contribution in [3.8, 4) is 16.8 Å². The van der Waals surface area contributed by atoms with Gasteiger partial charge in [-0.05, 0) is 48.2 Å². The van der Waals surface area contributed by atoms with E-state index in [1.165, 1.54) is 11.3 Å². The number of halogens is 1. The van der Waals surface area contributed by atoms with Gasteiger partial charge in [0.15, 0.2) is 10.7 Å². The Bertz CT molecular complexity index is 1340. The lowest BCUT2D eigenvalue weighted by molar-refractivity contribution is 0.178. The van der Waals surface area contributed by atoms with Crippen molar-refractivity contribution in [3.05, 3.63) is 27.9 Å². The maximum Gasteiger partial charge on any atom is 0.242 e. The summed E-state index contributed by atoms with van der Waals surface area (Å²) in [4.78, 5) is 4.53. The lowest BCUT2D eigenvalue weighted by Crippen LogP contribution is -2.36. The predicted octanol–water partition coefficient (Wildman–Crippen LogP) is 2.87. The van der Waals surface area contributed by atoms with E-state index in [4.69, 9.17) is 4.74 Å². The Morgan fingerprint density at radius 3 is 2.90 bits per heavy atom. The lowest BCUT2D eigenvalue weighted by atomic mass is 10.1. The van der Waals surface area contributed by atoms with Gasteiger partial charge in [-0.25, -0.2) is 18.1 Å². The monoisotopic (exact) mass is 522 g/mol. The van der Waals surface area contributed by atoms with Crippen LogP contribution < -0.4 is 4.72 Å². The zero-order valence-corrected chi connectivity index (χ0v) is 20.0. The van der Waals surface area contributed by atoms with E-state index in [1.807, 2.05) is 6.92 Å². The molecule has 0 aromatic carbocycles. The first-order valence-electron chi connectivity index (χ1n) is 9.66. The molecule has 2 aliphatic rings. The fourth-order valence-corrected chi connectivity index (χ4v) is 6.97. The number of pyridine rings is 1. The standard InChI is InChI=1S/C19H19BrN6O3S2/c1-18(6-11(18)9-29-2)25-31(27,28)12-5-13(20)15-22-7-14(26(15)8-12)16-23-24-17(30-16)19(10-21)3-4-19/h5,7-8,11,25H,3-4,6,9H2,1-2H3/t11-,18-/m0/s1. The van der Waals surface area contributed by atoms with Gasteiger partial charge in [0.1, 0.15) is 16.1 Å². The Kier molecular flexibility index (Phi) is 4.76. The van der Waals surface area contributed by atoms with Crippen LogP contribution in [-0.4, -0.2) is 47.3 Å². The van der Waals surface area contributed by atoms with Gasteiger partial charge in [-0.15, -0.1) is 10.2 Å². The van der Waals surface area contributed by atoms with Crippen LogP contribution in [-0.2, 0) is 20.2 Å². The fourth-order valence-electron chi connectivity index (χ4n) is 3.73. The third-order valence-electron chi connectivity index (χ3n) is 6.01. The number of imidazole rings is 1. The average molecular weight is 523 g/mol. The van der Waals surface area contributed by atoms with Crippen LogP contribution in [0.4, 0.5) is 0 Å². The third-order valence-corrected chi connectivity index (χ3v) is 9.32. The van der Waals surface area contributed by atoms with Gasteiger partial charge < -0.3 is 4.74 Å². The Morgan fingerprint density at radius 1 is 1.45 bits per heavy atom. The molecular weight excluding hydrogens is 504 g/mol. The number of hydrogen-bond acceptors (Lipinski definition) is 8. The maximum atomic E-state index is 13.1. The Labute approximate surface area is 191 Å². The molecule has 5 rings (SSSR count). The highest BCUT2D eigenvalue weighted by molar-refractivity contribution is 9.10. The number of nitrogens with one attached hydrogen (secondary N) is 1. The summed E-state index contributed by atoms with van der Waals surface area (Å²) in [7, 11) is -2.16. The van der Waals surface area contributed by atoms with Crippen molar-refractivity contribution in [2.75, 3.05) is 13.7 Å². The first kappa shape index (κ1) is 21.0. The molecule has 3 aromatic heterocycles. The molecule has 3 aromatic rings. The van der Waals surface area contributed by atoms with E-state index < -0.39 is 21.0 Å². The zero-order chi connectivity index (χ0) is 22.0. The van der Waals surface area contributed by atoms with Crippen molar-refractivity contribution in [3.63, 3.8) is 0 Å². The van der Waals surface area contributed by atoms with Gasteiger partial charge in [-0.1, -0.05) is 11.3 Å². The number of rotatable bonds is 7. The second-order valence-electron chi connectivity index (χ2n) is 8.35. The summed E-state index contributed by atoms with van der Waals surface area (Å²) in [5.74, 6) is 0.151. The second kappa shape index (κ2) is 7.05. The van der Waals surface area contributed by atoms with Gasteiger partial charge >= 0.3 is 0 Å². The third kappa shape index (κ3) is 3.48. The number of fused-ring (bicyclic) bond motifs is 1. The van der Waals surface area contributed by atoms with E-state index in [-0.39, 0.29) is 10.8 Å². The van der Waals surface area contributed by atoms with Crippen LogP contribution in [0.25, 0.3) is 16.3 Å². The molecule has 0 radical (unpaired) electrons. The van der Waals surface area contributed by atoms with E-state index in [2.05, 4.69) is 41.9 Å². The van der Waals surface area contributed by atoms with Gasteiger partial charge in [0.2, 0.25) is 10.0 Å². The number of nitrogens with zero attached hydrogens (tertiary/aromatic N) is 5. The number of sulfonamides is 1. The Morgan fingerprint density at radius 2 is 2.23 bits per heavy atom. The predicted molar refractivity (Wildman–Crippen MR) is 117 cm³/mol.